The molecule has 0 saturated carbocycles. The van der Waals surface area contributed by atoms with Gasteiger partial charge in [0, 0.05) is 23.5 Å². The van der Waals surface area contributed by atoms with E-state index in [4.69, 9.17) is 10.5 Å². The first-order valence-corrected chi connectivity index (χ1v) is 11.6. The van der Waals surface area contributed by atoms with Crippen LogP contribution in [0.15, 0.2) is 60.9 Å². The van der Waals surface area contributed by atoms with Gasteiger partial charge in [0.25, 0.3) is 5.91 Å². The number of fused-ring (bicyclic) bond motifs is 2. The van der Waals surface area contributed by atoms with Crippen LogP contribution in [0.3, 0.4) is 0 Å². The third-order valence-electron chi connectivity index (χ3n) is 6.79. The van der Waals surface area contributed by atoms with E-state index < -0.39 is 47.1 Å². The fraction of sp³-hybridized carbons (Fsp3) is 0.231. The lowest BCUT2D eigenvalue weighted by Gasteiger charge is -2.31. The van der Waals surface area contributed by atoms with Crippen LogP contribution in [-0.4, -0.2) is 50.6 Å². The topological polar surface area (TPSA) is 132 Å². The lowest BCUT2D eigenvalue weighted by molar-refractivity contribution is -0.265. The number of ether oxygens (including phenoxy) is 1. The summed E-state index contributed by atoms with van der Waals surface area (Å²) in [6.45, 7) is -0.212. The summed E-state index contributed by atoms with van der Waals surface area (Å²) in [6, 6.07) is 10.1. The Kier molecular flexibility index (Phi) is 6.06. The maximum absolute atomic E-state index is 14.5. The molecule has 9 nitrogen and oxygen atoms in total. The molecule has 202 valence electrons. The van der Waals surface area contributed by atoms with Crippen LogP contribution in [0.25, 0.3) is 16.9 Å². The first kappa shape index (κ1) is 26.1. The molecule has 2 amide bonds. The number of halogens is 4. The second kappa shape index (κ2) is 9.05. The molecule has 1 aliphatic rings. The van der Waals surface area contributed by atoms with Gasteiger partial charge in [-0.05, 0) is 49.4 Å². The second-order valence-electron chi connectivity index (χ2n) is 9.33. The quantitative estimate of drug-likeness (QED) is 0.321. The Morgan fingerprint density at radius 3 is 2.59 bits per heavy atom. The highest BCUT2D eigenvalue weighted by molar-refractivity contribution is 5.93. The van der Waals surface area contributed by atoms with Gasteiger partial charge < -0.3 is 20.9 Å². The summed E-state index contributed by atoms with van der Waals surface area (Å²) < 4.78 is 64.1. The van der Waals surface area contributed by atoms with E-state index in [1.807, 2.05) is 0 Å². The van der Waals surface area contributed by atoms with Gasteiger partial charge in [-0.3, -0.25) is 14.0 Å². The van der Waals surface area contributed by atoms with Gasteiger partial charge in [-0.15, -0.1) is 0 Å². The first-order chi connectivity index (χ1) is 18.3. The largest absolute Gasteiger partial charge is 0.489 e. The van der Waals surface area contributed by atoms with Crippen molar-refractivity contribution in [3.05, 3.63) is 83.7 Å². The molecule has 0 aliphatic carbocycles. The van der Waals surface area contributed by atoms with Crippen LogP contribution in [0.5, 0.6) is 5.75 Å². The molecule has 1 aromatic carbocycles. The Balaban J connectivity index is 1.62. The first-order valence-electron chi connectivity index (χ1n) is 11.6. The third-order valence-corrected chi connectivity index (χ3v) is 6.79. The van der Waals surface area contributed by atoms with Gasteiger partial charge in [-0.1, -0.05) is 6.07 Å². The average Bonchev–Trinajstić information content (AvgIpc) is 3.52. The fourth-order valence-corrected chi connectivity index (χ4v) is 4.37. The number of hydrogen-bond acceptors (Lipinski definition) is 6. The maximum Gasteiger partial charge on any atom is 0.424 e. The number of hydrogen-bond donors (Lipinski definition) is 3. The maximum atomic E-state index is 14.5. The van der Waals surface area contributed by atoms with E-state index in [-0.39, 0.29) is 34.9 Å². The predicted octanol–water partition coefficient (Wildman–Crippen LogP) is 2.85. The highest BCUT2D eigenvalue weighted by atomic mass is 19.4. The summed E-state index contributed by atoms with van der Waals surface area (Å²) in [6.07, 6.45) is -2.45. The number of carbonyl (C=O) groups is 2. The second-order valence-corrected chi connectivity index (χ2v) is 9.33. The van der Waals surface area contributed by atoms with Gasteiger partial charge >= 0.3 is 6.18 Å². The van der Waals surface area contributed by atoms with Crippen LogP contribution < -0.4 is 15.8 Å². The number of benzene rings is 1. The van der Waals surface area contributed by atoms with E-state index in [9.17, 15) is 32.3 Å². The summed E-state index contributed by atoms with van der Waals surface area (Å²) in [5.41, 5.74) is -0.240. The Labute approximate surface area is 218 Å². The van der Waals surface area contributed by atoms with Crippen molar-refractivity contribution < 1.29 is 37.0 Å². The van der Waals surface area contributed by atoms with Crippen LogP contribution in [-0.2, 0) is 15.8 Å². The summed E-state index contributed by atoms with van der Waals surface area (Å²) in [4.78, 5) is 33.3. The monoisotopic (exact) mass is 543 g/mol. The number of nitrogens with two attached hydrogens (primary N) is 1. The average molecular weight is 543 g/mol. The van der Waals surface area contributed by atoms with Gasteiger partial charge in [0.1, 0.15) is 40.6 Å². The molecule has 3 aromatic heterocycles. The molecule has 0 spiro atoms. The molecule has 0 radical (unpaired) electrons. The number of alkyl halides is 3. The highest BCUT2D eigenvalue weighted by Crippen LogP contribution is 2.47. The van der Waals surface area contributed by atoms with Crippen LogP contribution in [0.2, 0.25) is 0 Å². The summed E-state index contributed by atoms with van der Waals surface area (Å²) in [5, 5.41) is 13.2. The number of amides is 2. The minimum atomic E-state index is -5.33. The van der Waals surface area contributed by atoms with Crippen LogP contribution in [0, 0.1) is 5.82 Å². The lowest BCUT2D eigenvalue weighted by Crippen LogP contribution is -2.52. The third kappa shape index (κ3) is 4.24. The predicted molar refractivity (Wildman–Crippen MR) is 129 cm³/mol. The van der Waals surface area contributed by atoms with E-state index in [1.165, 1.54) is 48.0 Å². The van der Waals surface area contributed by atoms with Gasteiger partial charge in [0.2, 0.25) is 11.5 Å². The minimum absolute atomic E-state index is 0.0156. The molecule has 4 N–H and O–H groups in total. The number of pyridine rings is 2. The molecular formula is C26H21F4N5O4. The van der Waals surface area contributed by atoms with Crippen molar-refractivity contribution >= 4 is 17.5 Å². The summed E-state index contributed by atoms with van der Waals surface area (Å²) in [7, 11) is 0. The van der Waals surface area contributed by atoms with Crippen LogP contribution in [0.1, 0.15) is 28.7 Å². The van der Waals surface area contributed by atoms with E-state index in [0.717, 1.165) is 18.2 Å². The van der Waals surface area contributed by atoms with Gasteiger partial charge in [-0.2, -0.15) is 13.2 Å². The normalized spacial score (nSPS) is 18.3. The van der Waals surface area contributed by atoms with Gasteiger partial charge in [0.15, 0.2) is 0 Å². The van der Waals surface area contributed by atoms with Crippen LogP contribution in [0.4, 0.5) is 17.6 Å². The number of aromatic nitrogens is 3. The number of rotatable bonds is 6. The summed E-state index contributed by atoms with van der Waals surface area (Å²) in [5.74, 6) is -2.41. The van der Waals surface area contributed by atoms with Crippen molar-refractivity contribution in [1.82, 2.24) is 19.7 Å². The number of aliphatic hydroxyl groups is 1. The summed E-state index contributed by atoms with van der Waals surface area (Å²) >= 11 is 0. The van der Waals surface area contributed by atoms with Crippen molar-refractivity contribution in [3.8, 4) is 17.0 Å². The smallest absolute Gasteiger partial charge is 0.424 e. The zero-order valence-electron chi connectivity index (χ0n) is 20.3. The molecule has 2 atom stereocenters. The number of imidazole rings is 1. The standard InChI is InChI=1S/C26H21F4N5O4/c1-24(23(31)37)13-39-21-16(24)11-18(34-20(21)14-5-7-15(27)8-6-14)25(38,26(28,29)30)12-33-22(36)17-3-2-4-19-32-9-10-35(17)19/h2-11,38H,12-13H2,1H3,(H2,31,37)(H,33,36)/t24-,25?/m0/s1. The van der Waals surface area contributed by atoms with E-state index in [0.29, 0.717) is 5.65 Å². The van der Waals surface area contributed by atoms with E-state index >= 15 is 0 Å². The van der Waals surface area contributed by atoms with Crippen molar-refractivity contribution in [2.75, 3.05) is 13.2 Å². The molecule has 0 bridgehead atoms. The zero-order chi connectivity index (χ0) is 28.2. The van der Waals surface area contributed by atoms with Crippen LogP contribution >= 0.6 is 0 Å². The van der Waals surface area contributed by atoms with Crippen molar-refractivity contribution in [2.45, 2.75) is 24.1 Å². The Hall–Kier alpha value is -4.52. The number of primary amides is 1. The zero-order valence-corrected chi connectivity index (χ0v) is 20.3. The highest BCUT2D eigenvalue weighted by Gasteiger charge is 2.57. The Morgan fingerprint density at radius 2 is 1.92 bits per heavy atom. The molecule has 0 fully saturated rings. The van der Waals surface area contributed by atoms with Crippen molar-refractivity contribution in [2.24, 2.45) is 5.73 Å². The van der Waals surface area contributed by atoms with Gasteiger partial charge in [0.05, 0.1) is 12.2 Å². The Bertz CT molecular complexity index is 1600. The molecular weight excluding hydrogens is 522 g/mol. The molecule has 39 heavy (non-hydrogen) atoms. The SMILES string of the molecule is C[C@]1(C(N)=O)COc2c1cc(C(O)(CNC(=O)c1cccc3nccn13)C(F)(F)F)nc2-c1ccc(F)cc1. The van der Waals surface area contributed by atoms with Gasteiger partial charge in [-0.25, -0.2) is 14.4 Å². The molecule has 13 heteroatoms. The molecule has 1 unspecified atom stereocenters. The number of carbonyl (C=O) groups excluding carboxylic acids is 2. The minimum Gasteiger partial charge on any atom is -0.489 e. The molecule has 0 saturated heterocycles. The molecule has 4 heterocycles. The lowest BCUT2D eigenvalue weighted by atomic mass is 9.81. The number of nitrogens with zero attached hydrogens (tertiary/aromatic N) is 3. The van der Waals surface area contributed by atoms with Crippen molar-refractivity contribution in [3.63, 3.8) is 0 Å². The number of nitrogens with one attached hydrogen (secondary N) is 1. The van der Waals surface area contributed by atoms with Crippen molar-refractivity contribution in [1.29, 1.82) is 0 Å². The fourth-order valence-electron chi connectivity index (χ4n) is 4.37. The van der Waals surface area contributed by atoms with E-state index in [1.54, 1.807) is 6.07 Å². The van der Waals surface area contributed by atoms with E-state index in [2.05, 4.69) is 15.3 Å². The molecule has 4 aromatic rings. The molecule has 1 aliphatic heterocycles. The molecule has 5 rings (SSSR count). The Morgan fingerprint density at radius 1 is 1.21 bits per heavy atom.